The molecular weight excluding hydrogens is 252 g/mol. The average Bonchev–Trinajstić information content (AvgIpc) is 2.48. The summed E-state index contributed by atoms with van der Waals surface area (Å²) in [6, 6.07) is 11.0. The van der Waals surface area contributed by atoms with Gasteiger partial charge in [0.2, 0.25) is 0 Å². The molecule has 0 spiro atoms. The fourth-order valence-corrected chi connectivity index (χ4v) is 1.63. The second kappa shape index (κ2) is 6.65. The van der Waals surface area contributed by atoms with Crippen LogP contribution in [-0.4, -0.2) is 22.6 Å². The van der Waals surface area contributed by atoms with E-state index in [1.165, 1.54) is 0 Å². The number of rotatable bonds is 5. The van der Waals surface area contributed by atoms with E-state index >= 15 is 0 Å². The Kier molecular flexibility index (Phi) is 4.65. The van der Waals surface area contributed by atoms with Gasteiger partial charge in [0.15, 0.2) is 5.69 Å². The molecule has 20 heavy (non-hydrogen) atoms. The molecule has 0 bridgehead atoms. The van der Waals surface area contributed by atoms with E-state index in [0.717, 1.165) is 24.2 Å². The Morgan fingerprint density at radius 1 is 1.10 bits per heavy atom. The maximum atomic E-state index is 12.0. The van der Waals surface area contributed by atoms with Crippen molar-refractivity contribution >= 4 is 17.4 Å². The molecule has 0 saturated heterocycles. The molecule has 1 aromatic carbocycles. The zero-order valence-corrected chi connectivity index (χ0v) is 11.7. The van der Waals surface area contributed by atoms with E-state index in [1.807, 2.05) is 31.2 Å². The molecule has 104 valence electrons. The van der Waals surface area contributed by atoms with Crippen LogP contribution in [0.15, 0.2) is 36.4 Å². The Morgan fingerprint density at radius 2 is 1.85 bits per heavy atom. The molecule has 0 atom stereocenters. The summed E-state index contributed by atoms with van der Waals surface area (Å²) >= 11 is 0. The van der Waals surface area contributed by atoms with Crippen molar-refractivity contribution in [3.63, 3.8) is 0 Å². The zero-order chi connectivity index (χ0) is 14.4. The van der Waals surface area contributed by atoms with Gasteiger partial charge in [-0.15, -0.1) is 10.2 Å². The third-order valence-corrected chi connectivity index (χ3v) is 2.76. The van der Waals surface area contributed by atoms with Gasteiger partial charge in [0, 0.05) is 12.2 Å². The first-order chi connectivity index (χ1) is 9.69. The molecule has 0 aliphatic heterocycles. The summed E-state index contributed by atoms with van der Waals surface area (Å²) in [6.45, 7) is 4.91. The predicted octanol–water partition coefficient (Wildman–Crippen LogP) is 2.86. The lowest BCUT2D eigenvalue weighted by molar-refractivity contribution is 0.102. The highest BCUT2D eigenvalue weighted by Gasteiger charge is 2.08. The van der Waals surface area contributed by atoms with E-state index in [2.05, 4.69) is 27.8 Å². The van der Waals surface area contributed by atoms with Crippen molar-refractivity contribution in [3.8, 4) is 0 Å². The van der Waals surface area contributed by atoms with Crippen LogP contribution in [0.1, 0.15) is 29.4 Å². The van der Waals surface area contributed by atoms with E-state index in [-0.39, 0.29) is 5.91 Å². The fourth-order valence-electron chi connectivity index (χ4n) is 1.63. The Labute approximate surface area is 118 Å². The summed E-state index contributed by atoms with van der Waals surface area (Å²) in [6.07, 6.45) is 1.01. The third-order valence-electron chi connectivity index (χ3n) is 2.76. The number of hydrogen-bond acceptors (Lipinski definition) is 4. The van der Waals surface area contributed by atoms with Crippen LogP contribution >= 0.6 is 0 Å². The Hall–Kier alpha value is -2.43. The van der Waals surface area contributed by atoms with Crippen LogP contribution in [0.5, 0.6) is 0 Å². The number of benzene rings is 1. The summed E-state index contributed by atoms with van der Waals surface area (Å²) in [5.74, 6) is 0.419. The number of carbonyl (C=O) groups is 1. The highest BCUT2D eigenvalue weighted by Crippen LogP contribution is 2.10. The molecule has 0 radical (unpaired) electrons. The number of hydrogen-bond donors (Lipinski definition) is 2. The Bertz CT molecular complexity index is 563. The number of amides is 1. The van der Waals surface area contributed by atoms with Gasteiger partial charge in [0.25, 0.3) is 5.91 Å². The third kappa shape index (κ3) is 3.78. The first-order valence-electron chi connectivity index (χ1n) is 6.64. The van der Waals surface area contributed by atoms with E-state index < -0.39 is 0 Å². The number of aromatic nitrogens is 2. The quantitative estimate of drug-likeness (QED) is 0.876. The van der Waals surface area contributed by atoms with Gasteiger partial charge in [-0.2, -0.15) is 0 Å². The molecule has 2 N–H and O–H groups in total. The molecule has 1 amide bonds. The van der Waals surface area contributed by atoms with Gasteiger partial charge in [-0.3, -0.25) is 4.79 Å². The molecule has 1 aromatic heterocycles. The highest BCUT2D eigenvalue weighted by molar-refractivity contribution is 6.02. The normalized spacial score (nSPS) is 10.1. The topological polar surface area (TPSA) is 66.9 Å². The summed E-state index contributed by atoms with van der Waals surface area (Å²) < 4.78 is 0. The van der Waals surface area contributed by atoms with Gasteiger partial charge in [-0.05, 0) is 37.6 Å². The SMILES string of the molecule is CCCNc1ccc(C(=O)Nc2ccc(C)cc2)nn1. The first-order valence-corrected chi connectivity index (χ1v) is 6.64. The van der Waals surface area contributed by atoms with E-state index in [4.69, 9.17) is 0 Å². The maximum absolute atomic E-state index is 12.0. The number of nitrogens with zero attached hydrogens (tertiary/aromatic N) is 2. The van der Waals surface area contributed by atoms with E-state index in [1.54, 1.807) is 12.1 Å². The van der Waals surface area contributed by atoms with Crippen molar-refractivity contribution < 1.29 is 4.79 Å². The lowest BCUT2D eigenvalue weighted by atomic mass is 10.2. The van der Waals surface area contributed by atoms with Crippen LogP contribution in [-0.2, 0) is 0 Å². The van der Waals surface area contributed by atoms with Gasteiger partial charge < -0.3 is 10.6 Å². The van der Waals surface area contributed by atoms with Crippen LogP contribution in [0.3, 0.4) is 0 Å². The molecule has 0 unspecified atom stereocenters. The van der Waals surface area contributed by atoms with Gasteiger partial charge in [-0.1, -0.05) is 24.6 Å². The smallest absolute Gasteiger partial charge is 0.276 e. The number of aryl methyl sites for hydroxylation is 1. The molecule has 2 rings (SSSR count). The second-order valence-corrected chi connectivity index (χ2v) is 4.55. The molecule has 0 aliphatic carbocycles. The maximum Gasteiger partial charge on any atom is 0.276 e. The first kappa shape index (κ1) is 14.0. The van der Waals surface area contributed by atoms with Crippen LogP contribution in [0.4, 0.5) is 11.5 Å². The van der Waals surface area contributed by atoms with Crippen LogP contribution < -0.4 is 10.6 Å². The molecule has 5 nitrogen and oxygen atoms in total. The van der Waals surface area contributed by atoms with E-state index in [9.17, 15) is 4.79 Å². The Balaban J connectivity index is 2.00. The van der Waals surface area contributed by atoms with E-state index in [0.29, 0.717) is 11.5 Å². The van der Waals surface area contributed by atoms with Gasteiger partial charge in [0.1, 0.15) is 5.82 Å². The van der Waals surface area contributed by atoms with Crippen molar-refractivity contribution in [1.82, 2.24) is 10.2 Å². The molecule has 1 heterocycles. The summed E-state index contributed by atoms with van der Waals surface area (Å²) in [5.41, 5.74) is 2.19. The van der Waals surface area contributed by atoms with Crippen LogP contribution in [0.2, 0.25) is 0 Å². The number of carbonyl (C=O) groups excluding carboxylic acids is 1. The Morgan fingerprint density at radius 3 is 2.45 bits per heavy atom. The van der Waals surface area contributed by atoms with Crippen molar-refractivity contribution in [2.24, 2.45) is 0 Å². The van der Waals surface area contributed by atoms with Crippen molar-refractivity contribution in [2.75, 3.05) is 17.2 Å². The monoisotopic (exact) mass is 270 g/mol. The van der Waals surface area contributed by atoms with Crippen molar-refractivity contribution in [3.05, 3.63) is 47.7 Å². The summed E-state index contributed by atoms with van der Waals surface area (Å²) in [4.78, 5) is 12.0. The number of nitrogens with one attached hydrogen (secondary N) is 2. The van der Waals surface area contributed by atoms with Crippen LogP contribution in [0.25, 0.3) is 0 Å². The minimum absolute atomic E-state index is 0.261. The van der Waals surface area contributed by atoms with Gasteiger partial charge >= 0.3 is 0 Å². The fraction of sp³-hybridized carbons (Fsp3) is 0.267. The lowest BCUT2D eigenvalue weighted by Gasteiger charge is -2.06. The minimum atomic E-state index is -0.261. The summed E-state index contributed by atoms with van der Waals surface area (Å²) in [5, 5.41) is 13.8. The largest absolute Gasteiger partial charge is 0.369 e. The predicted molar refractivity (Wildman–Crippen MR) is 79.9 cm³/mol. The number of anilines is 2. The van der Waals surface area contributed by atoms with Gasteiger partial charge in [-0.25, -0.2) is 0 Å². The van der Waals surface area contributed by atoms with Crippen molar-refractivity contribution in [1.29, 1.82) is 0 Å². The highest BCUT2D eigenvalue weighted by atomic mass is 16.1. The standard InChI is InChI=1S/C15H18N4O/c1-3-10-16-14-9-8-13(18-19-14)15(20)17-12-6-4-11(2)5-7-12/h4-9H,3,10H2,1-2H3,(H,16,19)(H,17,20). The molecule has 0 aliphatic rings. The van der Waals surface area contributed by atoms with Crippen LogP contribution in [0, 0.1) is 6.92 Å². The lowest BCUT2D eigenvalue weighted by Crippen LogP contribution is -2.15. The molecule has 2 aromatic rings. The molecule has 0 saturated carbocycles. The molecule has 5 heteroatoms. The summed E-state index contributed by atoms with van der Waals surface area (Å²) in [7, 11) is 0. The zero-order valence-electron chi connectivity index (χ0n) is 11.7. The average molecular weight is 270 g/mol. The minimum Gasteiger partial charge on any atom is -0.369 e. The molecular formula is C15H18N4O. The van der Waals surface area contributed by atoms with Gasteiger partial charge in [0.05, 0.1) is 0 Å². The second-order valence-electron chi connectivity index (χ2n) is 4.55. The van der Waals surface area contributed by atoms with Crippen molar-refractivity contribution in [2.45, 2.75) is 20.3 Å². The molecule has 0 fully saturated rings.